The van der Waals surface area contributed by atoms with E-state index in [4.69, 9.17) is 4.74 Å². The highest BCUT2D eigenvalue weighted by molar-refractivity contribution is 5.92. The Bertz CT molecular complexity index is 857. The van der Waals surface area contributed by atoms with Gasteiger partial charge in [0, 0.05) is 0 Å². The summed E-state index contributed by atoms with van der Waals surface area (Å²) in [4.78, 5) is 14.1. The second-order valence-electron chi connectivity index (χ2n) is 6.32. The molecular weight excluding hydrogens is 328 g/mol. The summed E-state index contributed by atoms with van der Waals surface area (Å²) in [5, 5.41) is 11.5. The SMILES string of the molecule is COc1ccc(C(NC(=O)c2cnn(-c3ccccc3)n2)C(C)C)cc1. The van der Waals surface area contributed by atoms with E-state index in [1.807, 2.05) is 54.6 Å². The van der Waals surface area contributed by atoms with Gasteiger partial charge >= 0.3 is 0 Å². The average Bonchev–Trinajstić information content (AvgIpc) is 3.17. The number of rotatable bonds is 6. The zero-order valence-corrected chi connectivity index (χ0v) is 15.1. The largest absolute Gasteiger partial charge is 0.497 e. The summed E-state index contributed by atoms with van der Waals surface area (Å²) in [5.74, 6) is 0.756. The minimum atomic E-state index is -0.248. The number of ether oxygens (including phenoxy) is 1. The maximum atomic E-state index is 12.6. The molecule has 134 valence electrons. The average molecular weight is 350 g/mol. The Balaban J connectivity index is 1.77. The lowest BCUT2D eigenvalue weighted by atomic mass is 9.96. The van der Waals surface area contributed by atoms with Gasteiger partial charge in [-0.2, -0.15) is 9.90 Å². The number of methoxy groups -OCH3 is 1. The van der Waals surface area contributed by atoms with Gasteiger partial charge in [0.05, 0.1) is 25.0 Å². The van der Waals surface area contributed by atoms with Crippen LogP contribution in [0.5, 0.6) is 5.75 Å². The van der Waals surface area contributed by atoms with Gasteiger partial charge in [-0.3, -0.25) is 4.79 Å². The first-order valence-electron chi connectivity index (χ1n) is 8.51. The Labute approximate surface area is 152 Å². The van der Waals surface area contributed by atoms with Crippen LogP contribution in [0.1, 0.15) is 35.9 Å². The Morgan fingerprint density at radius 1 is 1.08 bits per heavy atom. The summed E-state index contributed by atoms with van der Waals surface area (Å²) >= 11 is 0. The molecule has 26 heavy (non-hydrogen) atoms. The molecule has 1 aromatic heterocycles. The molecule has 1 unspecified atom stereocenters. The van der Waals surface area contributed by atoms with E-state index in [1.165, 1.54) is 11.0 Å². The second kappa shape index (κ2) is 7.82. The molecule has 0 saturated carbocycles. The van der Waals surface area contributed by atoms with Crippen molar-refractivity contribution in [2.75, 3.05) is 7.11 Å². The Morgan fingerprint density at radius 2 is 1.77 bits per heavy atom. The molecule has 6 heteroatoms. The van der Waals surface area contributed by atoms with Crippen LogP contribution in [0.15, 0.2) is 60.8 Å². The minimum Gasteiger partial charge on any atom is -0.497 e. The summed E-state index contributed by atoms with van der Waals surface area (Å²) in [6.07, 6.45) is 1.48. The predicted octanol–water partition coefficient (Wildman–Crippen LogP) is 3.40. The van der Waals surface area contributed by atoms with Gasteiger partial charge in [0.25, 0.3) is 5.91 Å². The zero-order chi connectivity index (χ0) is 18.5. The van der Waals surface area contributed by atoms with Crippen LogP contribution in [0.25, 0.3) is 5.69 Å². The molecule has 6 nitrogen and oxygen atoms in total. The maximum absolute atomic E-state index is 12.6. The molecule has 1 heterocycles. The van der Waals surface area contributed by atoms with Crippen LogP contribution in [0.3, 0.4) is 0 Å². The number of carbonyl (C=O) groups is 1. The summed E-state index contributed by atoms with van der Waals surface area (Å²) < 4.78 is 5.20. The molecule has 2 aromatic carbocycles. The van der Waals surface area contributed by atoms with Crippen LogP contribution in [0.4, 0.5) is 0 Å². The van der Waals surface area contributed by atoms with E-state index in [-0.39, 0.29) is 23.6 Å². The number of nitrogens with zero attached hydrogens (tertiary/aromatic N) is 3. The molecule has 3 rings (SSSR count). The van der Waals surface area contributed by atoms with Crippen molar-refractivity contribution in [2.24, 2.45) is 5.92 Å². The second-order valence-corrected chi connectivity index (χ2v) is 6.32. The topological polar surface area (TPSA) is 69.0 Å². The molecule has 1 amide bonds. The van der Waals surface area contributed by atoms with E-state index < -0.39 is 0 Å². The Hall–Kier alpha value is -3.15. The van der Waals surface area contributed by atoms with Crippen LogP contribution in [0, 0.1) is 5.92 Å². The van der Waals surface area contributed by atoms with E-state index in [1.54, 1.807) is 7.11 Å². The van der Waals surface area contributed by atoms with Crippen LogP contribution in [-0.4, -0.2) is 28.0 Å². The van der Waals surface area contributed by atoms with Crippen molar-refractivity contribution in [1.29, 1.82) is 0 Å². The number of carbonyl (C=O) groups excluding carboxylic acids is 1. The molecule has 1 atom stereocenters. The Kier molecular flexibility index (Phi) is 5.31. The number of para-hydroxylation sites is 1. The van der Waals surface area contributed by atoms with Crippen molar-refractivity contribution in [3.05, 3.63) is 72.1 Å². The summed E-state index contributed by atoms with van der Waals surface area (Å²) in [6.45, 7) is 4.13. The van der Waals surface area contributed by atoms with Crippen molar-refractivity contribution >= 4 is 5.91 Å². The lowest BCUT2D eigenvalue weighted by molar-refractivity contribution is 0.0920. The number of amides is 1. The number of hydrogen-bond donors (Lipinski definition) is 1. The summed E-state index contributed by atoms with van der Waals surface area (Å²) in [7, 11) is 1.63. The molecule has 0 spiro atoms. The third-order valence-electron chi connectivity index (χ3n) is 4.14. The number of aromatic nitrogens is 3. The highest BCUT2D eigenvalue weighted by Gasteiger charge is 2.21. The van der Waals surface area contributed by atoms with Gasteiger partial charge < -0.3 is 10.1 Å². The van der Waals surface area contributed by atoms with Gasteiger partial charge in [-0.05, 0) is 35.7 Å². The van der Waals surface area contributed by atoms with Crippen LogP contribution in [-0.2, 0) is 0 Å². The van der Waals surface area contributed by atoms with E-state index >= 15 is 0 Å². The number of nitrogens with one attached hydrogen (secondary N) is 1. The summed E-state index contributed by atoms with van der Waals surface area (Å²) in [6, 6.07) is 17.1. The third kappa shape index (κ3) is 3.91. The van der Waals surface area contributed by atoms with E-state index in [2.05, 4.69) is 29.4 Å². The molecule has 0 aliphatic rings. The first kappa shape index (κ1) is 17.7. The number of hydrogen-bond acceptors (Lipinski definition) is 4. The van der Waals surface area contributed by atoms with E-state index in [9.17, 15) is 4.79 Å². The lowest BCUT2D eigenvalue weighted by Crippen LogP contribution is -2.32. The molecule has 3 aromatic rings. The van der Waals surface area contributed by atoms with Crippen molar-refractivity contribution in [1.82, 2.24) is 20.3 Å². The third-order valence-corrected chi connectivity index (χ3v) is 4.14. The van der Waals surface area contributed by atoms with Crippen LogP contribution >= 0.6 is 0 Å². The lowest BCUT2D eigenvalue weighted by Gasteiger charge is -2.22. The summed E-state index contributed by atoms with van der Waals surface area (Å²) in [5.41, 5.74) is 2.11. The van der Waals surface area contributed by atoms with E-state index in [0.717, 1.165) is 17.0 Å². The zero-order valence-electron chi connectivity index (χ0n) is 15.1. The van der Waals surface area contributed by atoms with E-state index in [0.29, 0.717) is 0 Å². The van der Waals surface area contributed by atoms with Gasteiger partial charge in [0.15, 0.2) is 5.69 Å². The molecule has 0 radical (unpaired) electrons. The monoisotopic (exact) mass is 350 g/mol. The standard InChI is InChI=1S/C20H22N4O2/c1-14(2)19(15-9-11-17(26-3)12-10-15)22-20(25)18-13-21-24(23-18)16-7-5-4-6-8-16/h4-14,19H,1-3H3,(H,22,25). The van der Waals surface area contributed by atoms with Crippen LogP contribution < -0.4 is 10.1 Å². The first-order chi connectivity index (χ1) is 12.6. The van der Waals surface area contributed by atoms with Crippen molar-refractivity contribution < 1.29 is 9.53 Å². The normalized spacial score (nSPS) is 12.0. The van der Waals surface area contributed by atoms with Gasteiger partial charge in [0.2, 0.25) is 0 Å². The predicted molar refractivity (Wildman–Crippen MR) is 99.4 cm³/mol. The smallest absolute Gasteiger partial charge is 0.273 e. The van der Waals surface area contributed by atoms with Crippen molar-refractivity contribution in [3.8, 4) is 11.4 Å². The molecule has 0 fully saturated rings. The van der Waals surface area contributed by atoms with Gasteiger partial charge in [-0.1, -0.05) is 44.2 Å². The van der Waals surface area contributed by atoms with Crippen molar-refractivity contribution in [2.45, 2.75) is 19.9 Å². The molecule has 0 aliphatic heterocycles. The van der Waals surface area contributed by atoms with Crippen LogP contribution in [0.2, 0.25) is 0 Å². The fourth-order valence-electron chi connectivity index (χ4n) is 2.71. The molecule has 1 N–H and O–H groups in total. The Morgan fingerprint density at radius 3 is 2.38 bits per heavy atom. The molecule has 0 saturated heterocycles. The van der Waals surface area contributed by atoms with Gasteiger partial charge in [-0.15, -0.1) is 5.10 Å². The first-order valence-corrected chi connectivity index (χ1v) is 8.51. The number of benzene rings is 2. The van der Waals surface area contributed by atoms with Gasteiger partial charge in [0.1, 0.15) is 5.75 Å². The fourth-order valence-corrected chi connectivity index (χ4v) is 2.71. The maximum Gasteiger partial charge on any atom is 0.273 e. The highest BCUT2D eigenvalue weighted by atomic mass is 16.5. The molecule has 0 bridgehead atoms. The highest BCUT2D eigenvalue weighted by Crippen LogP contribution is 2.24. The minimum absolute atomic E-state index is 0.129. The fraction of sp³-hybridized carbons (Fsp3) is 0.250. The molecular formula is C20H22N4O2. The molecule has 0 aliphatic carbocycles. The quantitative estimate of drug-likeness (QED) is 0.740. The van der Waals surface area contributed by atoms with Gasteiger partial charge in [-0.25, -0.2) is 0 Å². The van der Waals surface area contributed by atoms with Crippen molar-refractivity contribution in [3.63, 3.8) is 0 Å².